The summed E-state index contributed by atoms with van der Waals surface area (Å²) in [6.07, 6.45) is 0. The fourth-order valence-corrected chi connectivity index (χ4v) is 1.23. The summed E-state index contributed by atoms with van der Waals surface area (Å²) < 4.78 is 0. The maximum atomic E-state index is 8.63. The van der Waals surface area contributed by atoms with Crippen molar-refractivity contribution < 1.29 is 5.11 Å². The van der Waals surface area contributed by atoms with Crippen LogP contribution in [0.3, 0.4) is 0 Å². The van der Waals surface area contributed by atoms with Gasteiger partial charge in [-0.25, -0.2) is 0 Å². The molecule has 0 saturated heterocycles. The van der Waals surface area contributed by atoms with Crippen molar-refractivity contribution in [1.82, 2.24) is 0 Å². The van der Waals surface area contributed by atoms with Crippen LogP contribution in [0.25, 0.3) is 0 Å². The lowest BCUT2D eigenvalue weighted by Crippen LogP contribution is -2.06. The van der Waals surface area contributed by atoms with Crippen LogP contribution >= 0.6 is 11.8 Å². The van der Waals surface area contributed by atoms with Crippen molar-refractivity contribution in [2.75, 3.05) is 24.6 Å². The number of rotatable bonds is 4. The Hall–Kier alpha value is -0.710. The smallest absolute Gasteiger partial charge is 0.115 e. The third-order valence-electron chi connectivity index (χ3n) is 1.28. The predicted molar refractivity (Wildman–Crippen MR) is 63.5 cm³/mol. The van der Waals surface area contributed by atoms with Gasteiger partial charge in [0.05, 0.1) is 0 Å². The van der Waals surface area contributed by atoms with Gasteiger partial charge in [-0.1, -0.05) is 18.2 Å². The number of hydrogen-bond acceptors (Lipinski definition) is 4. The Morgan fingerprint density at radius 3 is 1.79 bits per heavy atom. The Labute approximate surface area is 89.5 Å². The molecule has 0 aliphatic heterocycles. The Bertz CT molecular complexity index is 203. The van der Waals surface area contributed by atoms with Crippen LogP contribution in [0.1, 0.15) is 0 Å². The van der Waals surface area contributed by atoms with E-state index < -0.39 is 0 Å². The van der Waals surface area contributed by atoms with Crippen LogP contribution in [0.4, 0.5) is 0 Å². The highest BCUT2D eigenvalue weighted by molar-refractivity contribution is 7.99. The molecular weight excluding hydrogens is 196 g/mol. The van der Waals surface area contributed by atoms with Gasteiger partial charge < -0.3 is 16.6 Å². The molecule has 0 heterocycles. The van der Waals surface area contributed by atoms with Crippen LogP contribution in [0, 0.1) is 0 Å². The van der Waals surface area contributed by atoms with Gasteiger partial charge in [0.25, 0.3) is 0 Å². The van der Waals surface area contributed by atoms with Gasteiger partial charge in [-0.2, -0.15) is 11.8 Å². The number of aromatic hydroxyl groups is 1. The molecule has 1 aromatic rings. The number of phenolic OH excluding ortho intramolecular Hbond substituents is 1. The van der Waals surface area contributed by atoms with Gasteiger partial charge in [0.1, 0.15) is 5.75 Å². The van der Waals surface area contributed by atoms with Gasteiger partial charge in [0.15, 0.2) is 0 Å². The fourth-order valence-electron chi connectivity index (χ4n) is 0.697. The zero-order chi connectivity index (χ0) is 10.6. The van der Waals surface area contributed by atoms with E-state index in [0.29, 0.717) is 5.75 Å². The van der Waals surface area contributed by atoms with Crippen molar-refractivity contribution in [3.8, 4) is 5.75 Å². The summed E-state index contributed by atoms with van der Waals surface area (Å²) in [6, 6.07) is 8.71. The van der Waals surface area contributed by atoms with E-state index >= 15 is 0 Å². The van der Waals surface area contributed by atoms with E-state index in [9.17, 15) is 0 Å². The molecule has 0 aromatic heterocycles. The molecule has 14 heavy (non-hydrogen) atoms. The molecule has 0 unspecified atom stereocenters. The van der Waals surface area contributed by atoms with E-state index in [1.54, 1.807) is 36.0 Å². The van der Waals surface area contributed by atoms with Crippen molar-refractivity contribution in [2.45, 2.75) is 0 Å². The molecule has 0 amide bonds. The van der Waals surface area contributed by atoms with Crippen molar-refractivity contribution >= 4 is 11.8 Å². The summed E-state index contributed by atoms with van der Waals surface area (Å²) in [4.78, 5) is 0. The first-order chi connectivity index (χ1) is 6.81. The highest BCUT2D eigenvalue weighted by Crippen LogP contribution is 2.02. The van der Waals surface area contributed by atoms with Crippen LogP contribution in [0.2, 0.25) is 0 Å². The molecule has 3 nitrogen and oxygen atoms in total. The zero-order valence-electron chi connectivity index (χ0n) is 8.23. The average molecular weight is 214 g/mol. The van der Waals surface area contributed by atoms with Gasteiger partial charge in [-0.15, -0.1) is 0 Å². The van der Waals surface area contributed by atoms with Crippen LogP contribution in [-0.4, -0.2) is 29.7 Å². The van der Waals surface area contributed by atoms with Crippen LogP contribution in [-0.2, 0) is 0 Å². The lowest BCUT2D eigenvalue weighted by molar-refractivity contribution is 0.475. The Morgan fingerprint density at radius 2 is 1.50 bits per heavy atom. The Kier molecular flexibility index (Phi) is 9.85. The third kappa shape index (κ3) is 9.38. The second kappa shape index (κ2) is 10.4. The Morgan fingerprint density at radius 1 is 1.00 bits per heavy atom. The summed E-state index contributed by atoms with van der Waals surface area (Å²) in [5.41, 5.74) is 10.4. The minimum absolute atomic E-state index is 0.322. The third-order valence-corrected chi connectivity index (χ3v) is 2.33. The summed E-state index contributed by atoms with van der Waals surface area (Å²) in [7, 11) is 0. The number of para-hydroxylation sites is 1. The van der Waals surface area contributed by atoms with Gasteiger partial charge in [-0.3, -0.25) is 0 Å². The highest BCUT2D eigenvalue weighted by atomic mass is 32.2. The minimum Gasteiger partial charge on any atom is -0.508 e. The minimum atomic E-state index is 0.322. The van der Waals surface area contributed by atoms with E-state index in [1.807, 2.05) is 6.07 Å². The van der Waals surface area contributed by atoms with Crippen molar-refractivity contribution in [2.24, 2.45) is 11.5 Å². The standard InChI is InChI=1S/C6H6O.C4H12N2S/c7-6-4-2-1-3-5-6;5-1-3-7-4-2-6/h1-5,7H;1-6H2. The molecule has 0 aliphatic carbocycles. The number of phenols is 1. The van der Waals surface area contributed by atoms with E-state index in [-0.39, 0.29) is 0 Å². The van der Waals surface area contributed by atoms with E-state index in [0.717, 1.165) is 24.6 Å². The molecule has 0 saturated carbocycles. The largest absolute Gasteiger partial charge is 0.508 e. The van der Waals surface area contributed by atoms with E-state index in [1.165, 1.54) is 0 Å². The summed E-state index contributed by atoms with van der Waals surface area (Å²) in [5.74, 6) is 2.40. The van der Waals surface area contributed by atoms with E-state index in [4.69, 9.17) is 16.6 Å². The molecule has 80 valence electrons. The van der Waals surface area contributed by atoms with Gasteiger partial charge in [0.2, 0.25) is 0 Å². The first kappa shape index (κ1) is 13.3. The fraction of sp³-hybridized carbons (Fsp3) is 0.400. The molecule has 0 fully saturated rings. The molecule has 5 N–H and O–H groups in total. The first-order valence-electron chi connectivity index (χ1n) is 4.53. The SMILES string of the molecule is NCCSCCN.Oc1ccccc1. The predicted octanol–water partition coefficient (Wildman–Crippen LogP) is 1.03. The summed E-state index contributed by atoms with van der Waals surface area (Å²) >= 11 is 1.80. The summed E-state index contributed by atoms with van der Waals surface area (Å²) in [5, 5.41) is 8.63. The van der Waals surface area contributed by atoms with E-state index in [2.05, 4.69) is 0 Å². The zero-order valence-corrected chi connectivity index (χ0v) is 9.04. The number of thioether (sulfide) groups is 1. The number of benzene rings is 1. The maximum absolute atomic E-state index is 8.63. The van der Waals surface area contributed by atoms with Crippen LogP contribution < -0.4 is 11.5 Å². The number of nitrogens with two attached hydrogens (primary N) is 2. The molecule has 4 heteroatoms. The van der Waals surface area contributed by atoms with Crippen molar-refractivity contribution in [3.63, 3.8) is 0 Å². The topological polar surface area (TPSA) is 72.3 Å². The second-order valence-electron chi connectivity index (χ2n) is 2.53. The molecule has 1 rings (SSSR count). The normalized spacial score (nSPS) is 9.00. The highest BCUT2D eigenvalue weighted by Gasteiger charge is 1.79. The monoisotopic (exact) mass is 214 g/mol. The lowest BCUT2D eigenvalue weighted by atomic mass is 10.3. The molecule has 0 aliphatic rings. The molecule has 0 bridgehead atoms. The molecule has 0 atom stereocenters. The lowest BCUT2D eigenvalue weighted by Gasteiger charge is -1.91. The average Bonchev–Trinajstić information content (AvgIpc) is 2.21. The van der Waals surface area contributed by atoms with Gasteiger partial charge in [-0.05, 0) is 12.1 Å². The Balaban J connectivity index is 0.000000241. The molecule has 0 radical (unpaired) electrons. The van der Waals surface area contributed by atoms with Crippen LogP contribution in [0.5, 0.6) is 5.75 Å². The van der Waals surface area contributed by atoms with Crippen molar-refractivity contribution in [3.05, 3.63) is 30.3 Å². The molecule has 0 spiro atoms. The van der Waals surface area contributed by atoms with Gasteiger partial charge >= 0.3 is 0 Å². The quantitative estimate of drug-likeness (QED) is 0.655. The summed E-state index contributed by atoms with van der Waals surface area (Å²) in [6.45, 7) is 1.54. The molecule has 1 aromatic carbocycles. The molecular formula is C10H18N2OS. The maximum Gasteiger partial charge on any atom is 0.115 e. The van der Waals surface area contributed by atoms with Gasteiger partial charge in [0, 0.05) is 24.6 Å². The second-order valence-corrected chi connectivity index (χ2v) is 3.75. The van der Waals surface area contributed by atoms with Crippen molar-refractivity contribution in [1.29, 1.82) is 0 Å². The number of hydrogen-bond donors (Lipinski definition) is 3. The van der Waals surface area contributed by atoms with Crippen LogP contribution in [0.15, 0.2) is 30.3 Å². The first-order valence-corrected chi connectivity index (χ1v) is 5.68.